The van der Waals surface area contributed by atoms with Crippen LogP contribution in [0, 0.1) is 23.1 Å². The van der Waals surface area contributed by atoms with Crippen LogP contribution in [0.25, 0.3) is 0 Å². The lowest BCUT2D eigenvalue weighted by molar-refractivity contribution is 0.208. The van der Waals surface area contributed by atoms with Crippen molar-refractivity contribution in [2.24, 2.45) is 5.92 Å². The summed E-state index contributed by atoms with van der Waals surface area (Å²) in [5.74, 6) is 0.470. The van der Waals surface area contributed by atoms with Crippen molar-refractivity contribution in [3.8, 4) is 6.07 Å². The average Bonchev–Trinajstić information content (AvgIpc) is 2.48. The third kappa shape index (κ3) is 3.64. The molecule has 6 heteroatoms. The molecule has 2 heterocycles. The Labute approximate surface area is 118 Å². The summed E-state index contributed by atoms with van der Waals surface area (Å²) in [6.45, 7) is 4.97. The van der Waals surface area contributed by atoms with E-state index in [1.807, 2.05) is 6.92 Å². The Morgan fingerprint density at radius 2 is 2.20 bits per heavy atom. The summed E-state index contributed by atoms with van der Waals surface area (Å²) in [5.41, 5.74) is 0.450. The highest BCUT2D eigenvalue weighted by molar-refractivity contribution is 5.37. The van der Waals surface area contributed by atoms with Gasteiger partial charge in [0.25, 0.3) is 0 Å². The first-order chi connectivity index (χ1) is 9.74. The molecule has 20 heavy (non-hydrogen) atoms. The van der Waals surface area contributed by atoms with Crippen LogP contribution in [0.2, 0.25) is 0 Å². The van der Waals surface area contributed by atoms with Crippen molar-refractivity contribution < 1.29 is 4.39 Å². The van der Waals surface area contributed by atoms with E-state index in [0.29, 0.717) is 30.4 Å². The van der Waals surface area contributed by atoms with Crippen molar-refractivity contribution in [3.63, 3.8) is 0 Å². The number of halogens is 1. The number of piperidine rings is 1. The number of aromatic nitrogens is 2. The van der Waals surface area contributed by atoms with Crippen molar-refractivity contribution in [3.05, 3.63) is 17.8 Å². The first-order valence-electron chi connectivity index (χ1n) is 7.07. The molecule has 1 aliphatic heterocycles. The number of aryl methyl sites for hydroxylation is 1. The highest BCUT2D eigenvalue weighted by Gasteiger charge is 2.19. The van der Waals surface area contributed by atoms with Gasteiger partial charge in [0.15, 0.2) is 11.6 Å². The van der Waals surface area contributed by atoms with Gasteiger partial charge in [-0.05, 0) is 38.3 Å². The fraction of sp³-hybridized carbons (Fsp3) is 0.643. The maximum absolute atomic E-state index is 14.0. The quantitative estimate of drug-likeness (QED) is 0.832. The van der Waals surface area contributed by atoms with Gasteiger partial charge in [-0.1, -0.05) is 6.92 Å². The third-order valence-electron chi connectivity index (χ3n) is 3.76. The van der Waals surface area contributed by atoms with E-state index < -0.39 is 0 Å². The number of hydrogen-bond acceptors (Lipinski definition) is 5. The minimum Gasteiger partial charge on any atom is -0.367 e. The molecule has 0 atom stereocenters. The van der Waals surface area contributed by atoms with Gasteiger partial charge in [0, 0.05) is 6.54 Å². The van der Waals surface area contributed by atoms with Crippen LogP contribution in [0.15, 0.2) is 6.33 Å². The van der Waals surface area contributed by atoms with E-state index in [-0.39, 0.29) is 5.82 Å². The van der Waals surface area contributed by atoms with E-state index in [0.717, 1.165) is 32.5 Å². The Bertz CT molecular complexity index is 477. The molecule has 1 aromatic rings. The van der Waals surface area contributed by atoms with Gasteiger partial charge >= 0.3 is 0 Å². The molecule has 1 fully saturated rings. The minimum absolute atomic E-state index is 0.302. The second kappa shape index (κ2) is 7.15. The molecule has 0 unspecified atom stereocenters. The predicted octanol–water partition coefficient (Wildman–Crippen LogP) is 1.83. The van der Waals surface area contributed by atoms with E-state index in [1.54, 1.807) is 0 Å². The van der Waals surface area contributed by atoms with Gasteiger partial charge in [-0.25, -0.2) is 14.4 Å². The molecule has 0 spiro atoms. The fourth-order valence-electron chi connectivity index (χ4n) is 2.47. The summed E-state index contributed by atoms with van der Waals surface area (Å²) in [6, 6.07) is 2.17. The molecule has 108 valence electrons. The van der Waals surface area contributed by atoms with Crippen LogP contribution in [-0.2, 0) is 6.42 Å². The van der Waals surface area contributed by atoms with Crippen LogP contribution in [-0.4, -0.2) is 41.0 Å². The molecule has 0 aliphatic carbocycles. The zero-order valence-electron chi connectivity index (χ0n) is 11.8. The van der Waals surface area contributed by atoms with E-state index in [1.165, 1.54) is 6.33 Å². The number of nitrogens with one attached hydrogen (secondary N) is 1. The van der Waals surface area contributed by atoms with Crippen LogP contribution < -0.4 is 5.32 Å². The van der Waals surface area contributed by atoms with E-state index in [2.05, 4.69) is 26.3 Å². The lowest BCUT2D eigenvalue weighted by Crippen LogP contribution is -2.36. The average molecular weight is 277 g/mol. The molecule has 0 radical (unpaired) electrons. The molecule has 1 aromatic heterocycles. The van der Waals surface area contributed by atoms with Crippen LogP contribution >= 0.6 is 0 Å². The Morgan fingerprint density at radius 1 is 1.45 bits per heavy atom. The molecule has 1 aliphatic rings. The molecule has 0 bridgehead atoms. The van der Waals surface area contributed by atoms with E-state index in [9.17, 15) is 4.39 Å². The smallest absolute Gasteiger partial charge is 0.186 e. The molecule has 1 saturated heterocycles. The number of rotatable bonds is 5. The van der Waals surface area contributed by atoms with Gasteiger partial charge in [-0.15, -0.1) is 0 Å². The molecular weight excluding hydrogens is 257 g/mol. The number of nitriles is 1. The SMILES string of the molecule is CCc1ncnc(NCC2CCN(CC#N)CC2)c1F. The Kier molecular flexibility index (Phi) is 5.24. The van der Waals surface area contributed by atoms with Crippen molar-refractivity contribution in [2.75, 3.05) is 31.5 Å². The first-order valence-corrected chi connectivity index (χ1v) is 7.07. The van der Waals surface area contributed by atoms with Gasteiger partial charge in [0.05, 0.1) is 18.3 Å². The molecule has 2 rings (SSSR count). The number of nitrogens with zero attached hydrogens (tertiary/aromatic N) is 4. The number of likely N-dealkylation sites (tertiary alicyclic amines) is 1. The largest absolute Gasteiger partial charge is 0.367 e. The molecule has 1 N–H and O–H groups in total. The fourth-order valence-corrected chi connectivity index (χ4v) is 2.47. The summed E-state index contributed by atoms with van der Waals surface area (Å²) < 4.78 is 14.0. The summed E-state index contributed by atoms with van der Waals surface area (Å²) in [5, 5.41) is 11.8. The third-order valence-corrected chi connectivity index (χ3v) is 3.76. The van der Waals surface area contributed by atoms with Gasteiger partial charge in [-0.3, -0.25) is 4.90 Å². The predicted molar refractivity (Wildman–Crippen MR) is 74.6 cm³/mol. The first kappa shape index (κ1) is 14.7. The Hall–Kier alpha value is -1.74. The summed E-state index contributed by atoms with van der Waals surface area (Å²) in [6.07, 6.45) is 4.03. The lowest BCUT2D eigenvalue weighted by atomic mass is 9.97. The second-order valence-corrected chi connectivity index (χ2v) is 5.10. The normalized spacial score (nSPS) is 16.9. The molecule has 5 nitrogen and oxygen atoms in total. The molecular formula is C14H20FN5. The van der Waals surface area contributed by atoms with Crippen LogP contribution in [0.3, 0.4) is 0 Å². The van der Waals surface area contributed by atoms with Crippen molar-refractivity contribution in [1.82, 2.24) is 14.9 Å². The Morgan fingerprint density at radius 3 is 2.85 bits per heavy atom. The number of anilines is 1. The molecule has 0 aromatic carbocycles. The topological polar surface area (TPSA) is 64.8 Å². The number of hydrogen-bond donors (Lipinski definition) is 1. The standard InChI is InChI=1S/C14H20FN5/c1-2-12-13(15)14(19-10-18-12)17-9-11-3-6-20(7-4-11)8-5-16/h10-11H,2-4,6-9H2,1H3,(H,17,18,19). The monoisotopic (exact) mass is 277 g/mol. The maximum atomic E-state index is 14.0. The van der Waals surface area contributed by atoms with Crippen molar-refractivity contribution in [2.45, 2.75) is 26.2 Å². The minimum atomic E-state index is -0.336. The van der Waals surface area contributed by atoms with Gasteiger partial charge in [0.2, 0.25) is 0 Å². The van der Waals surface area contributed by atoms with Crippen molar-refractivity contribution in [1.29, 1.82) is 5.26 Å². The van der Waals surface area contributed by atoms with Crippen LogP contribution in [0.4, 0.5) is 10.2 Å². The van der Waals surface area contributed by atoms with Crippen molar-refractivity contribution >= 4 is 5.82 Å². The highest BCUT2D eigenvalue weighted by Crippen LogP contribution is 2.19. The lowest BCUT2D eigenvalue weighted by Gasteiger charge is -2.30. The van der Waals surface area contributed by atoms with E-state index in [4.69, 9.17) is 5.26 Å². The highest BCUT2D eigenvalue weighted by atomic mass is 19.1. The van der Waals surface area contributed by atoms with Gasteiger partial charge < -0.3 is 5.32 Å². The van der Waals surface area contributed by atoms with E-state index >= 15 is 0 Å². The second-order valence-electron chi connectivity index (χ2n) is 5.10. The maximum Gasteiger partial charge on any atom is 0.186 e. The summed E-state index contributed by atoms with van der Waals surface area (Å²) >= 11 is 0. The molecule has 0 saturated carbocycles. The van der Waals surface area contributed by atoms with Gasteiger partial charge in [-0.2, -0.15) is 5.26 Å². The summed E-state index contributed by atoms with van der Waals surface area (Å²) in [4.78, 5) is 10.0. The van der Waals surface area contributed by atoms with Crippen LogP contribution in [0.1, 0.15) is 25.5 Å². The zero-order chi connectivity index (χ0) is 14.4. The zero-order valence-corrected chi connectivity index (χ0v) is 11.8. The Balaban J connectivity index is 1.83. The molecule has 0 amide bonds. The van der Waals surface area contributed by atoms with Crippen LogP contribution in [0.5, 0.6) is 0 Å². The summed E-state index contributed by atoms with van der Waals surface area (Å²) in [7, 11) is 0. The van der Waals surface area contributed by atoms with Gasteiger partial charge in [0.1, 0.15) is 6.33 Å².